The molecule has 1 fully saturated rings. The van der Waals surface area contributed by atoms with Crippen LogP contribution in [0.1, 0.15) is 48.0 Å². The largest absolute Gasteiger partial charge is 0.459 e. The summed E-state index contributed by atoms with van der Waals surface area (Å²) in [6, 6.07) is 0. The van der Waals surface area contributed by atoms with Crippen molar-refractivity contribution in [3.8, 4) is 0 Å². The third kappa shape index (κ3) is 7.23. The van der Waals surface area contributed by atoms with E-state index in [9.17, 15) is 4.79 Å². The Balaban J connectivity index is 3.45. The van der Waals surface area contributed by atoms with Gasteiger partial charge in [0, 0.05) is 11.1 Å². The summed E-state index contributed by atoms with van der Waals surface area (Å²) in [5.74, 6) is 0.295. The first-order valence-corrected chi connectivity index (χ1v) is 18.1. The van der Waals surface area contributed by atoms with E-state index in [-0.39, 0.29) is 44.9 Å². The summed E-state index contributed by atoms with van der Waals surface area (Å²) in [4.78, 5) is 12.0. The van der Waals surface area contributed by atoms with Crippen LogP contribution in [0.3, 0.4) is 0 Å². The molecule has 0 saturated carbocycles. The maximum atomic E-state index is 12.0. The Morgan fingerprint density at radius 1 is 1.03 bits per heavy atom. The Hall–Kier alpha value is -0.0825. The average Bonchev–Trinajstić information content (AvgIpc) is 2.54. The van der Waals surface area contributed by atoms with Crippen molar-refractivity contribution in [1.29, 1.82) is 0 Å². The lowest BCUT2D eigenvalue weighted by Crippen LogP contribution is -2.60. The van der Waals surface area contributed by atoms with E-state index < -0.39 is 26.4 Å². The molecule has 1 unspecified atom stereocenters. The SMILES string of the molecule is C=CC(=O)OC(CC(C(C)C)(C(C)C)[Si]1O[Si](C)(C)O[Si]O[Si](C)(C)O1)C(C)C. The fourth-order valence-electron chi connectivity index (χ4n) is 3.56. The minimum absolute atomic E-state index is 0.0470. The van der Waals surface area contributed by atoms with E-state index in [2.05, 4.69) is 48.1 Å². The van der Waals surface area contributed by atoms with Crippen LogP contribution in [0.2, 0.25) is 31.2 Å². The zero-order chi connectivity index (χ0) is 22.6. The molecular formula is C19H39O6Si4. The molecule has 0 amide bonds. The van der Waals surface area contributed by atoms with Crippen molar-refractivity contribution in [2.75, 3.05) is 0 Å². The second kappa shape index (κ2) is 10.5. The maximum absolute atomic E-state index is 12.0. The van der Waals surface area contributed by atoms with Crippen LogP contribution in [-0.4, -0.2) is 48.5 Å². The molecule has 1 rings (SSSR count). The lowest BCUT2D eigenvalue weighted by Gasteiger charge is -2.50. The minimum atomic E-state index is -2.41. The molecule has 1 heterocycles. The van der Waals surface area contributed by atoms with Crippen LogP contribution in [0.25, 0.3) is 0 Å². The van der Waals surface area contributed by atoms with Crippen molar-refractivity contribution in [1.82, 2.24) is 0 Å². The van der Waals surface area contributed by atoms with Crippen LogP contribution in [0.4, 0.5) is 0 Å². The molecule has 10 heteroatoms. The standard InChI is InChI=1S/C19H39O6Si4/c1-12-18(20)21-17(14(2)3)13-19(15(4)5,16(6)7)27-24-28(8,9)22-26-23-29(10,11)25-27/h12,14-17H,1,13H2,2-11H3. The fraction of sp³-hybridized carbons (Fsp3) is 0.842. The van der Waals surface area contributed by atoms with Gasteiger partial charge in [0.15, 0.2) is 0 Å². The van der Waals surface area contributed by atoms with Crippen LogP contribution in [0.15, 0.2) is 12.7 Å². The molecule has 29 heavy (non-hydrogen) atoms. The van der Waals surface area contributed by atoms with Gasteiger partial charge in [-0.05, 0) is 50.4 Å². The second-order valence-electron chi connectivity index (χ2n) is 9.56. The van der Waals surface area contributed by atoms with E-state index in [1.54, 1.807) is 0 Å². The number of hydrogen-bond acceptors (Lipinski definition) is 6. The highest BCUT2D eigenvalue weighted by molar-refractivity contribution is 6.83. The van der Waals surface area contributed by atoms with Gasteiger partial charge in [-0.1, -0.05) is 48.1 Å². The first kappa shape index (κ1) is 27.0. The third-order valence-electron chi connectivity index (χ3n) is 5.41. The number of ether oxygens (including phenoxy) is 1. The highest BCUT2D eigenvalue weighted by Gasteiger charge is 2.56. The van der Waals surface area contributed by atoms with Crippen LogP contribution in [0.5, 0.6) is 0 Å². The van der Waals surface area contributed by atoms with Gasteiger partial charge in [-0.2, -0.15) is 0 Å². The van der Waals surface area contributed by atoms with Crippen LogP contribution in [-0.2, 0) is 26.0 Å². The lowest BCUT2D eigenvalue weighted by atomic mass is 9.78. The molecule has 0 aliphatic carbocycles. The predicted octanol–water partition coefficient (Wildman–Crippen LogP) is 4.69. The highest BCUT2D eigenvalue weighted by Crippen LogP contribution is 2.53. The molecule has 167 valence electrons. The molecule has 0 spiro atoms. The minimum Gasteiger partial charge on any atom is -0.459 e. The Morgan fingerprint density at radius 2 is 1.48 bits per heavy atom. The highest BCUT2D eigenvalue weighted by atomic mass is 28.5. The van der Waals surface area contributed by atoms with Crippen molar-refractivity contribution in [3.63, 3.8) is 0 Å². The van der Waals surface area contributed by atoms with Gasteiger partial charge in [0.25, 0.3) is 0 Å². The van der Waals surface area contributed by atoms with Crippen molar-refractivity contribution >= 4 is 42.4 Å². The quantitative estimate of drug-likeness (QED) is 0.288. The Bertz CT molecular complexity index is 539. The van der Waals surface area contributed by atoms with Crippen molar-refractivity contribution < 1.29 is 26.0 Å². The first-order chi connectivity index (χ1) is 13.2. The van der Waals surface area contributed by atoms with Crippen molar-refractivity contribution in [3.05, 3.63) is 12.7 Å². The van der Waals surface area contributed by atoms with Crippen LogP contribution >= 0.6 is 0 Å². The fourth-order valence-corrected chi connectivity index (χ4v) is 13.7. The second-order valence-corrected chi connectivity index (χ2v) is 20.1. The molecule has 0 aromatic rings. The summed E-state index contributed by atoms with van der Waals surface area (Å²) < 4.78 is 31.3. The van der Waals surface area contributed by atoms with Gasteiger partial charge in [0.05, 0.1) is 0 Å². The number of esters is 1. The van der Waals surface area contributed by atoms with Gasteiger partial charge < -0.3 is 21.2 Å². The van der Waals surface area contributed by atoms with Gasteiger partial charge in [-0.15, -0.1) is 0 Å². The lowest BCUT2D eigenvalue weighted by molar-refractivity contribution is -0.146. The summed E-state index contributed by atoms with van der Waals surface area (Å²) >= 11 is 0. The van der Waals surface area contributed by atoms with Gasteiger partial charge in [0.2, 0.25) is 0 Å². The summed E-state index contributed by atoms with van der Waals surface area (Å²) in [5.41, 5.74) is 0. The molecular weight excluding hydrogens is 437 g/mol. The summed E-state index contributed by atoms with van der Waals surface area (Å²) in [5, 5.41) is -0.289. The molecule has 0 bridgehead atoms. The summed E-state index contributed by atoms with van der Waals surface area (Å²) in [7, 11) is -6.70. The van der Waals surface area contributed by atoms with Gasteiger partial charge >= 0.3 is 42.4 Å². The number of hydrogen-bond donors (Lipinski definition) is 0. The van der Waals surface area contributed by atoms with Crippen molar-refractivity contribution in [2.45, 2.75) is 85.3 Å². The Labute approximate surface area is 184 Å². The number of carbonyl (C=O) groups is 1. The number of carbonyl (C=O) groups excluding carboxylic acids is 1. The molecule has 1 atom stereocenters. The smallest absolute Gasteiger partial charge is 0.413 e. The summed E-state index contributed by atoms with van der Waals surface area (Å²) in [6.07, 6.45) is 1.65. The average molecular weight is 476 g/mol. The molecule has 0 N–H and O–H groups in total. The zero-order valence-electron chi connectivity index (χ0n) is 19.8. The van der Waals surface area contributed by atoms with E-state index >= 15 is 0 Å². The zero-order valence-corrected chi connectivity index (χ0v) is 23.8. The van der Waals surface area contributed by atoms with E-state index in [4.69, 9.17) is 21.2 Å². The Morgan fingerprint density at radius 3 is 1.83 bits per heavy atom. The normalized spacial score (nSPS) is 21.7. The molecule has 0 aromatic carbocycles. The van der Waals surface area contributed by atoms with Gasteiger partial charge in [0.1, 0.15) is 6.10 Å². The molecule has 6 nitrogen and oxygen atoms in total. The van der Waals surface area contributed by atoms with E-state index in [0.29, 0.717) is 6.42 Å². The molecule has 1 aliphatic heterocycles. The first-order valence-electron chi connectivity index (χ1n) is 10.4. The van der Waals surface area contributed by atoms with Crippen molar-refractivity contribution in [2.24, 2.45) is 17.8 Å². The van der Waals surface area contributed by atoms with Crippen LogP contribution in [0, 0.1) is 17.8 Å². The van der Waals surface area contributed by atoms with Gasteiger partial charge in [-0.3, -0.25) is 0 Å². The Kier molecular flexibility index (Phi) is 9.75. The topological polar surface area (TPSA) is 63.2 Å². The maximum Gasteiger partial charge on any atom is 0.413 e. The van der Waals surface area contributed by atoms with E-state index in [1.807, 2.05) is 26.2 Å². The summed E-state index contributed by atoms with van der Waals surface area (Å²) in [6.45, 7) is 24.7. The monoisotopic (exact) mass is 475 g/mol. The van der Waals surface area contributed by atoms with Crippen LogP contribution < -0.4 is 0 Å². The van der Waals surface area contributed by atoms with E-state index in [0.717, 1.165) is 0 Å². The number of rotatable bonds is 8. The molecule has 3 radical (unpaired) electrons. The molecule has 1 saturated heterocycles. The molecule has 0 aromatic heterocycles. The third-order valence-corrected chi connectivity index (χ3v) is 17.5. The van der Waals surface area contributed by atoms with E-state index in [1.165, 1.54) is 6.08 Å². The van der Waals surface area contributed by atoms with Gasteiger partial charge in [-0.25, -0.2) is 4.79 Å². The molecule has 1 aliphatic rings. The predicted molar refractivity (Wildman–Crippen MR) is 123 cm³/mol.